The Morgan fingerprint density at radius 2 is 1.79 bits per heavy atom. The fourth-order valence-electron chi connectivity index (χ4n) is 3.96. The van der Waals surface area contributed by atoms with E-state index in [4.69, 9.17) is 10.1 Å². The van der Waals surface area contributed by atoms with Crippen LogP contribution in [0.2, 0.25) is 0 Å². The fourth-order valence-corrected chi connectivity index (χ4v) is 3.96. The highest BCUT2D eigenvalue weighted by molar-refractivity contribution is 6.21. The normalized spacial score (nSPS) is 11.9. The molecule has 34 heavy (non-hydrogen) atoms. The number of aliphatic imine (C=N–C) groups is 1. The summed E-state index contributed by atoms with van der Waals surface area (Å²) in [4.78, 5) is 20.8. The van der Waals surface area contributed by atoms with Crippen molar-refractivity contribution < 1.29 is 19.4 Å². The molecule has 0 aliphatic carbocycles. The molecule has 1 heterocycles. The van der Waals surface area contributed by atoms with Crippen LogP contribution in [0.15, 0.2) is 71.7 Å². The second kappa shape index (κ2) is 9.89. The average molecular weight is 460 g/mol. The lowest BCUT2D eigenvalue weighted by Crippen LogP contribution is -2.10. The van der Waals surface area contributed by atoms with Crippen LogP contribution in [0.3, 0.4) is 0 Å². The Morgan fingerprint density at radius 3 is 2.50 bits per heavy atom. The molecule has 0 aliphatic rings. The summed E-state index contributed by atoms with van der Waals surface area (Å²) < 4.78 is 13.8. The molecule has 174 valence electrons. The van der Waals surface area contributed by atoms with Crippen LogP contribution in [-0.2, 0) is 17.8 Å². The minimum absolute atomic E-state index is 0.0148. The van der Waals surface area contributed by atoms with Crippen molar-refractivity contribution >= 4 is 28.3 Å². The highest BCUT2D eigenvalue weighted by atomic mass is 19.1. The number of hydrogen-bond acceptors (Lipinski definition) is 4. The van der Waals surface area contributed by atoms with E-state index in [1.807, 2.05) is 62.6 Å². The maximum atomic E-state index is 13.8. The van der Waals surface area contributed by atoms with Crippen molar-refractivity contribution in [3.63, 3.8) is 0 Å². The minimum atomic E-state index is -0.867. The van der Waals surface area contributed by atoms with Gasteiger partial charge in [-0.05, 0) is 68.0 Å². The van der Waals surface area contributed by atoms with E-state index in [1.165, 1.54) is 12.1 Å². The Hall–Kier alpha value is -3.97. The molecule has 0 fully saturated rings. The summed E-state index contributed by atoms with van der Waals surface area (Å²) in [7, 11) is 4.01. The first kappa shape index (κ1) is 23.2. The number of aryl methyl sites for hydroxylation is 1. The maximum Gasteiger partial charge on any atom is 0.303 e. The third-order valence-electron chi connectivity index (χ3n) is 5.48. The lowest BCUT2D eigenvalue weighted by Gasteiger charge is -2.11. The van der Waals surface area contributed by atoms with Crippen molar-refractivity contribution in [2.75, 3.05) is 14.1 Å². The van der Waals surface area contributed by atoms with Crippen LogP contribution >= 0.6 is 0 Å². The van der Waals surface area contributed by atoms with Crippen molar-refractivity contribution in [3.05, 3.63) is 94.8 Å². The Labute approximate surface area is 197 Å². The average Bonchev–Trinajstić information content (AvgIpc) is 3.11. The lowest BCUT2D eigenvalue weighted by molar-refractivity contribution is -0.136. The number of carbonyl (C=O) groups is 1. The quantitative estimate of drug-likeness (QED) is 0.314. The summed E-state index contributed by atoms with van der Waals surface area (Å²) in [5, 5.41) is 20.5. The maximum absolute atomic E-state index is 13.8. The number of hydrogen-bond donors (Lipinski definition) is 3. The molecule has 0 saturated carbocycles. The first-order valence-corrected chi connectivity index (χ1v) is 10.9. The Balaban J connectivity index is 1.84. The summed E-state index contributed by atoms with van der Waals surface area (Å²) in [6.07, 6.45) is 0.391. The number of H-pyrrole nitrogens is 1. The van der Waals surface area contributed by atoms with Gasteiger partial charge in [-0.25, -0.2) is 9.38 Å². The van der Waals surface area contributed by atoms with Gasteiger partial charge in [0, 0.05) is 23.9 Å². The van der Waals surface area contributed by atoms with Gasteiger partial charge in [0.05, 0.1) is 22.5 Å². The lowest BCUT2D eigenvalue weighted by atomic mass is 9.97. The van der Waals surface area contributed by atoms with Gasteiger partial charge in [-0.15, -0.1) is 0 Å². The molecule has 0 amide bonds. The van der Waals surface area contributed by atoms with Gasteiger partial charge in [-0.2, -0.15) is 0 Å². The number of aromatic amines is 1. The van der Waals surface area contributed by atoms with Crippen molar-refractivity contribution in [3.8, 4) is 5.88 Å². The zero-order valence-corrected chi connectivity index (χ0v) is 19.0. The predicted octanol–water partition coefficient (Wildman–Crippen LogP) is 5.26. The SMILES string of the molecule is CN(C)Cc1ccc(N=C(c2cccc(CCC(=O)O)c2)c2c(O)[nH]c3cc(F)ccc23)cc1. The van der Waals surface area contributed by atoms with Gasteiger partial charge in [-0.3, -0.25) is 4.79 Å². The van der Waals surface area contributed by atoms with Gasteiger partial charge in [0.2, 0.25) is 0 Å². The molecule has 7 heteroatoms. The number of nitrogens with zero attached hydrogens (tertiary/aromatic N) is 2. The molecule has 0 saturated heterocycles. The number of halogens is 1. The first-order chi connectivity index (χ1) is 16.3. The van der Waals surface area contributed by atoms with Crippen molar-refractivity contribution in [2.45, 2.75) is 19.4 Å². The van der Waals surface area contributed by atoms with Gasteiger partial charge in [0.15, 0.2) is 5.88 Å². The smallest absolute Gasteiger partial charge is 0.303 e. The molecule has 0 atom stereocenters. The van der Waals surface area contributed by atoms with Crippen LogP contribution in [0.5, 0.6) is 5.88 Å². The molecule has 1 aromatic heterocycles. The van der Waals surface area contributed by atoms with E-state index >= 15 is 0 Å². The summed E-state index contributed by atoms with van der Waals surface area (Å²) in [5.74, 6) is -1.39. The number of aliphatic carboxylic acids is 1. The molecule has 0 aliphatic heterocycles. The molecular formula is C27H26FN3O3. The van der Waals surface area contributed by atoms with Crippen LogP contribution in [0.25, 0.3) is 10.9 Å². The van der Waals surface area contributed by atoms with Gasteiger partial charge >= 0.3 is 5.97 Å². The van der Waals surface area contributed by atoms with Crippen molar-refractivity contribution in [2.24, 2.45) is 4.99 Å². The monoisotopic (exact) mass is 459 g/mol. The Bertz CT molecular complexity index is 1360. The van der Waals surface area contributed by atoms with E-state index in [0.717, 1.165) is 23.2 Å². The molecule has 0 unspecified atom stereocenters. The van der Waals surface area contributed by atoms with Crippen LogP contribution in [0.1, 0.15) is 28.7 Å². The van der Waals surface area contributed by atoms with Crippen molar-refractivity contribution in [1.29, 1.82) is 0 Å². The molecule has 3 aromatic carbocycles. The van der Waals surface area contributed by atoms with Gasteiger partial charge in [0.25, 0.3) is 0 Å². The predicted molar refractivity (Wildman–Crippen MR) is 131 cm³/mol. The summed E-state index contributed by atoms with van der Waals surface area (Å²) >= 11 is 0. The Morgan fingerprint density at radius 1 is 1.03 bits per heavy atom. The van der Waals surface area contributed by atoms with Crippen LogP contribution in [0, 0.1) is 5.82 Å². The zero-order valence-electron chi connectivity index (χ0n) is 19.0. The summed E-state index contributed by atoms with van der Waals surface area (Å²) in [6, 6.07) is 19.6. The number of carboxylic acids is 1. The fraction of sp³-hybridized carbons (Fsp3) is 0.185. The summed E-state index contributed by atoms with van der Waals surface area (Å²) in [5.41, 5.74) is 4.84. The number of benzene rings is 3. The van der Waals surface area contributed by atoms with Gasteiger partial charge < -0.3 is 20.1 Å². The molecule has 0 spiro atoms. The standard InChI is InChI=1S/C27H26FN3O3/c1-31(2)16-18-6-10-21(11-7-18)29-26(19-5-3-4-17(14-19)8-13-24(32)33)25-22-12-9-20(28)15-23(22)30-27(25)34/h3-7,9-12,14-15,30,34H,8,13,16H2,1-2H3,(H,32,33). The van der Waals surface area contributed by atoms with E-state index in [9.17, 15) is 14.3 Å². The second-order valence-corrected chi connectivity index (χ2v) is 8.50. The van der Waals surface area contributed by atoms with Crippen molar-refractivity contribution in [1.82, 2.24) is 9.88 Å². The number of aromatic nitrogens is 1. The third-order valence-corrected chi connectivity index (χ3v) is 5.48. The number of rotatable bonds is 8. The second-order valence-electron chi connectivity index (χ2n) is 8.50. The molecule has 4 rings (SSSR count). The Kier molecular flexibility index (Phi) is 6.75. The minimum Gasteiger partial charge on any atom is -0.494 e. The van der Waals surface area contributed by atoms with Crippen LogP contribution in [-0.4, -0.2) is 45.9 Å². The summed E-state index contributed by atoms with van der Waals surface area (Å²) in [6.45, 7) is 0.803. The number of aromatic hydroxyl groups is 1. The first-order valence-electron chi connectivity index (χ1n) is 10.9. The van der Waals surface area contributed by atoms with Gasteiger partial charge in [-0.1, -0.05) is 30.3 Å². The van der Waals surface area contributed by atoms with E-state index in [1.54, 1.807) is 6.07 Å². The molecule has 0 bridgehead atoms. The van der Waals surface area contributed by atoms with E-state index in [2.05, 4.69) is 9.88 Å². The zero-order chi connectivity index (χ0) is 24.2. The van der Waals surface area contributed by atoms with Crippen LogP contribution < -0.4 is 0 Å². The highest BCUT2D eigenvalue weighted by Gasteiger charge is 2.19. The molecule has 3 N–H and O–H groups in total. The van der Waals surface area contributed by atoms with E-state index < -0.39 is 11.8 Å². The molecule has 6 nitrogen and oxygen atoms in total. The number of fused-ring (bicyclic) bond motifs is 1. The molecule has 0 radical (unpaired) electrons. The number of nitrogens with one attached hydrogen (secondary N) is 1. The number of carboxylic acid groups (broad SMARTS) is 1. The van der Waals surface area contributed by atoms with Crippen LogP contribution in [0.4, 0.5) is 10.1 Å². The van der Waals surface area contributed by atoms with Gasteiger partial charge in [0.1, 0.15) is 5.82 Å². The van der Waals surface area contributed by atoms with E-state index in [0.29, 0.717) is 34.3 Å². The third kappa shape index (κ3) is 5.32. The molecular weight excluding hydrogens is 433 g/mol. The topological polar surface area (TPSA) is 88.9 Å². The van der Waals surface area contributed by atoms with E-state index in [-0.39, 0.29) is 12.3 Å². The molecule has 4 aromatic rings. The largest absolute Gasteiger partial charge is 0.494 e. The highest BCUT2D eigenvalue weighted by Crippen LogP contribution is 2.32.